The van der Waals surface area contributed by atoms with Crippen LogP contribution in [0.4, 0.5) is 0 Å². The predicted molar refractivity (Wildman–Crippen MR) is 93.5 cm³/mol. The molecule has 0 aromatic heterocycles. The third-order valence-electron chi connectivity index (χ3n) is 3.43. The Hall–Kier alpha value is -2.28. The molecule has 4 nitrogen and oxygen atoms in total. The Morgan fingerprint density at radius 1 is 1.12 bits per heavy atom. The summed E-state index contributed by atoms with van der Waals surface area (Å²) in [4.78, 5) is 23.7. The largest absolute Gasteiger partial charge is 0.449 e. The molecule has 24 heavy (non-hydrogen) atoms. The normalized spacial score (nSPS) is 11.1. The van der Waals surface area contributed by atoms with Crippen LogP contribution in [0.25, 0.3) is 0 Å². The van der Waals surface area contributed by atoms with Crippen molar-refractivity contribution in [1.82, 2.24) is 0 Å². The van der Waals surface area contributed by atoms with Crippen LogP contribution in [0, 0.1) is 11.8 Å². The van der Waals surface area contributed by atoms with Crippen molar-refractivity contribution in [3.63, 3.8) is 0 Å². The maximum Gasteiger partial charge on any atom is 0.311 e. The van der Waals surface area contributed by atoms with Crippen LogP contribution in [0.2, 0.25) is 0 Å². The molecule has 0 bridgehead atoms. The third-order valence-corrected chi connectivity index (χ3v) is 3.43. The van der Waals surface area contributed by atoms with E-state index in [0.717, 1.165) is 18.4 Å². The van der Waals surface area contributed by atoms with Gasteiger partial charge in [0.15, 0.2) is 6.10 Å². The van der Waals surface area contributed by atoms with Gasteiger partial charge in [-0.1, -0.05) is 44.4 Å². The number of para-hydroxylation sites is 1. The zero-order valence-corrected chi connectivity index (χ0v) is 14.8. The maximum atomic E-state index is 11.9. The second kappa shape index (κ2) is 11.3. The SMILES string of the molecule is CC#CC(CC)OC(=O)CCCC(=O)Oc1ccccc1CCC. The van der Waals surface area contributed by atoms with Gasteiger partial charge in [0, 0.05) is 12.8 Å². The molecular weight excluding hydrogens is 304 g/mol. The van der Waals surface area contributed by atoms with Crippen LogP contribution in [0.5, 0.6) is 5.75 Å². The van der Waals surface area contributed by atoms with E-state index in [1.54, 1.807) is 13.0 Å². The molecule has 0 aliphatic rings. The third kappa shape index (κ3) is 7.32. The lowest BCUT2D eigenvalue weighted by atomic mass is 10.1. The number of carbonyl (C=O) groups excluding carboxylic acids is 2. The molecule has 0 fully saturated rings. The molecule has 0 saturated carbocycles. The Labute approximate surface area is 144 Å². The van der Waals surface area contributed by atoms with Crippen LogP contribution in [0.15, 0.2) is 24.3 Å². The second-order valence-electron chi connectivity index (χ2n) is 5.47. The van der Waals surface area contributed by atoms with Crippen molar-refractivity contribution in [3.05, 3.63) is 29.8 Å². The summed E-state index contributed by atoms with van der Waals surface area (Å²) in [5, 5.41) is 0. The minimum absolute atomic E-state index is 0.186. The molecule has 1 rings (SSSR count). The predicted octanol–water partition coefficient (Wildman–Crippen LogP) is 4.06. The summed E-state index contributed by atoms with van der Waals surface area (Å²) in [6.07, 6.45) is 2.92. The van der Waals surface area contributed by atoms with E-state index in [9.17, 15) is 9.59 Å². The number of hydrogen-bond donors (Lipinski definition) is 0. The van der Waals surface area contributed by atoms with Crippen LogP contribution in [0.3, 0.4) is 0 Å². The van der Waals surface area contributed by atoms with Crippen molar-refractivity contribution >= 4 is 11.9 Å². The first kappa shape index (κ1) is 19.8. The number of benzene rings is 1. The molecule has 0 amide bonds. The summed E-state index contributed by atoms with van der Waals surface area (Å²) in [5.74, 6) is 5.52. The first-order valence-electron chi connectivity index (χ1n) is 8.51. The Bertz CT molecular complexity index is 595. The summed E-state index contributed by atoms with van der Waals surface area (Å²) in [6, 6.07) is 7.54. The molecule has 4 heteroatoms. The fourth-order valence-corrected chi connectivity index (χ4v) is 2.22. The van der Waals surface area contributed by atoms with Crippen LogP contribution in [0.1, 0.15) is 58.4 Å². The molecule has 0 spiro atoms. The van der Waals surface area contributed by atoms with Gasteiger partial charge in [-0.15, -0.1) is 5.92 Å². The molecule has 130 valence electrons. The van der Waals surface area contributed by atoms with Gasteiger partial charge in [0.1, 0.15) is 5.75 Å². The van der Waals surface area contributed by atoms with Crippen LogP contribution in [-0.2, 0) is 20.7 Å². The highest BCUT2D eigenvalue weighted by Gasteiger charge is 2.12. The molecule has 1 atom stereocenters. The molecule has 0 radical (unpaired) electrons. The van der Waals surface area contributed by atoms with E-state index in [-0.39, 0.29) is 30.9 Å². The fraction of sp³-hybridized carbons (Fsp3) is 0.500. The molecule has 0 N–H and O–H groups in total. The van der Waals surface area contributed by atoms with E-state index in [2.05, 4.69) is 18.8 Å². The van der Waals surface area contributed by atoms with E-state index in [1.165, 1.54) is 0 Å². The molecule has 0 saturated heterocycles. The van der Waals surface area contributed by atoms with Crippen molar-refractivity contribution in [3.8, 4) is 17.6 Å². The van der Waals surface area contributed by atoms with Gasteiger partial charge in [-0.3, -0.25) is 9.59 Å². The first-order chi connectivity index (χ1) is 11.6. The molecule has 1 aromatic rings. The first-order valence-corrected chi connectivity index (χ1v) is 8.51. The average Bonchev–Trinajstić information content (AvgIpc) is 2.56. The lowest BCUT2D eigenvalue weighted by Gasteiger charge is -2.11. The fourth-order valence-electron chi connectivity index (χ4n) is 2.22. The molecule has 0 heterocycles. The van der Waals surface area contributed by atoms with Gasteiger partial charge in [0.2, 0.25) is 0 Å². The van der Waals surface area contributed by atoms with E-state index in [1.807, 2.05) is 25.1 Å². The van der Waals surface area contributed by atoms with Gasteiger partial charge in [-0.2, -0.15) is 0 Å². The smallest absolute Gasteiger partial charge is 0.311 e. The van der Waals surface area contributed by atoms with Crippen molar-refractivity contribution in [1.29, 1.82) is 0 Å². The van der Waals surface area contributed by atoms with E-state index in [4.69, 9.17) is 9.47 Å². The molecule has 1 aromatic carbocycles. The van der Waals surface area contributed by atoms with Gasteiger partial charge in [0.25, 0.3) is 0 Å². The molecule has 0 aliphatic heterocycles. The van der Waals surface area contributed by atoms with Gasteiger partial charge in [-0.25, -0.2) is 0 Å². The minimum atomic E-state index is -0.365. The maximum absolute atomic E-state index is 11.9. The highest BCUT2D eigenvalue weighted by atomic mass is 16.5. The van der Waals surface area contributed by atoms with Crippen molar-refractivity contribution in [2.75, 3.05) is 0 Å². The van der Waals surface area contributed by atoms with Crippen LogP contribution < -0.4 is 4.74 Å². The van der Waals surface area contributed by atoms with Crippen molar-refractivity contribution < 1.29 is 19.1 Å². The van der Waals surface area contributed by atoms with Gasteiger partial charge in [-0.05, 0) is 37.8 Å². The summed E-state index contributed by atoms with van der Waals surface area (Å²) >= 11 is 0. The second-order valence-corrected chi connectivity index (χ2v) is 5.47. The highest BCUT2D eigenvalue weighted by molar-refractivity contribution is 5.74. The highest BCUT2D eigenvalue weighted by Crippen LogP contribution is 2.20. The molecular formula is C20H26O4. The lowest BCUT2D eigenvalue weighted by molar-refractivity contribution is -0.146. The number of hydrogen-bond acceptors (Lipinski definition) is 4. The standard InChI is InChI=1S/C20H26O4/c1-4-10-16-12-7-8-13-18(16)24-20(22)15-9-14-19(21)23-17(6-3)11-5-2/h7-8,12-13,17H,4,6,9-10,14-15H2,1-3H3. The monoisotopic (exact) mass is 330 g/mol. The molecule has 1 unspecified atom stereocenters. The summed E-state index contributed by atoms with van der Waals surface area (Å²) < 4.78 is 10.6. The van der Waals surface area contributed by atoms with Gasteiger partial charge in [0.05, 0.1) is 0 Å². The number of carbonyl (C=O) groups is 2. The Kier molecular flexibility index (Phi) is 9.29. The van der Waals surface area contributed by atoms with Crippen LogP contribution in [-0.4, -0.2) is 18.0 Å². The van der Waals surface area contributed by atoms with Gasteiger partial charge < -0.3 is 9.47 Å². The Balaban J connectivity index is 2.39. The quantitative estimate of drug-likeness (QED) is 0.389. The number of ether oxygens (including phenoxy) is 2. The van der Waals surface area contributed by atoms with Crippen molar-refractivity contribution in [2.45, 2.75) is 65.4 Å². The summed E-state index contributed by atoms with van der Waals surface area (Å²) in [6.45, 7) is 5.70. The lowest BCUT2D eigenvalue weighted by Crippen LogP contribution is -2.16. The summed E-state index contributed by atoms with van der Waals surface area (Å²) in [7, 11) is 0. The van der Waals surface area contributed by atoms with Gasteiger partial charge >= 0.3 is 11.9 Å². The number of rotatable bonds is 9. The average molecular weight is 330 g/mol. The van der Waals surface area contributed by atoms with E-state index in [0.29, 0.717) is 18.6 Å². The zero-order chi connectivity index (χ0) is 17.8. The Morgan fingerprint density at radius 2 is 1.83 bits per heavy atom. The minimum Gasteiger partial charge on any atom is -0.449 e. The van der Waals surface area contributed by atoms with Crippen molar-refractivity contribution in [2.24, 2.45) is 0 Å². The number of aryl methyl sites for hydroxylation is 1. The van der Waals surface area contributed by atoms with Crippen LogP contribution >= 0.6 is 0 Å². The van der Waals surface area contributed by atoms with E-state index < -0.39 is 0 Å². The topological polar surface area (TPSA) is 52.6 Å². The zero-order valence-electron chi connectivity index (χ0n) is 14.8. The Morgan fingerprint density at radius 3 is 2.50 bits per heavy atom. The molecule has 0 aliphatic carbocycles. The number of esters is 2. The summed E-state index contributed by atoms with van der Waals surface area (Å²) in [5.41, 5.74) is 1.02. The van der Waals surface area contributed by atoms with E-state index >= 15 is 0 Å².